The Morgan fingerprint density at radius 3 is 3.13 bits per heavy atom. The van der Waals surface area contributed by atoms with Gasteiger partial charge >= 0.3 is 0 Å². The topological polar surface area (TPSA) is 37.6 Å². The number of imidazole rings is 1. The number of benzene rings is 1. The monoisotopic (exact) mass is 343 g/mol. The molecule has 1 aliphatic rings. The number of amides is 1. The summed E-state index contributed by atoms with van der Waals surface area (Å²) in [4.78, 5) is 19.5. The molecular weight excluding hydrogens is 330 g/mol. The molecule has 6 heteroatoms. The summed E-state index contributed by atoms with van der Waals surface area (Å²) in [5.41, 5.74) is 2.97. The highest BCUT2D eigenvalue weighted by Gasteiger charge is 2.20. The molecule has 23 heavy (non-hydrogen) atoms. The van der Waals surface area contributed by atoms with E-state index in [4.69, 9.17) is 11.6 Å². The number of anilines is 1. The van der Waals surface area contributed by atoms with Crippen molar-refractivity contribution in [2.75, 3.05) is 11.4 Å². The van der Waals surface area contributed by atoms with E-state index in [1.165, 1.54) is 16.9 Å². The number of halogens is 1. The number of thiazole rings is 1. The Balaban J connectivity index is 1.64. The van der Waals surface area contributed by atoms with Crippen LogP contribution in [0.25, 0.3) is 11.0 Å². The highest BCUT2D eigenvalue weighted by Crippen LogP contribution is 2.27. The Hall–Kier alpha value is -2.11. The van der Waals surface area contributed by atoms with Gasteiger partial charge < -0.3 is 4.90 Å². The zero-order valence-corrected chi connectivity index (χ0v) is 13.8. The SMILES string of the molecule is O=C(/C=C/c1c(Cl)nc2sccn12)N1CCCc2ccccc21. The van der Waals surface area contributed by atoms with Gasteiger partial charge in [-0.15, -0.1) is 11.3 Å². The molecule has 4 rings (SSSR count). The van der Waals surface area contributed by atoms with Gasteiger partial charge in [0.2, 0.25) is 0 Å². The fourth-order valence-electron chi connectivity index (χ4n) is 2.93. The molecule has 116 valence electrons. The highest BCUT2D eigenvalue weighted by molar-refractivity contribution is 7.15. The summed E-state index contributed by atoms with van der Waals surface area (Å²) >= 11 is 7.67. The predicted molar refractivity (Wildman–Crippen MR) is 94.2 cm³/mol. The number of aryl methyl sites for hydroxylation is 1. The Bertz CT molecular complexity index is 912. The quantitative estimate of drug-likeness (QED) is 0.658. The van der Waals surface area contributed by atoms with Gasteiger partial charge in [0.25, 0.3) is 5.91 Å². The molecule has 0 saturated heterocycles. The second-order valence-electron chi connectivity index (χ2n) is 5.40. The average molecular weight is 344 g/mol. The molecule has 0 bridgehead atoms. The van der Waals surface area contributed by atoms with Gasteiger partial charge in [-0.25, -0.2) is 4.98 Å². The van der Waals surface area contributed by atoms with Crippen LogP contribution in [0, 0.1) is 0 Å². The third kappa shape index (κ3) is 2.56. The van der Waals surface area contributed by atoms with Gasteiger partial charge in [-0.2, -0.15) is 0 Å². The van der Waals surface area contributed by atoms with Crippen LogP contribution in [0.3, 0.4) is 0 Å². The fraction of sp³-hybridized carbons (Fsp3) is 0.176. The van der Waals surface area contributed by atoms with Crippen LogP contribution < -0.4 is 4.90 Å². The van der Waals surface area contributed by atoms with E-state index in [1.54, 1.807) is 12.2 Å². The smallest absolute Gasteiger partial charge is 0.251 e. The Morgan fingerprint density at radius 2 is 2.22 bits per heavy atom. The lowest BCUT2D eigenvalue weighted by molar-refractivity contribution is -0.114. The van der Waals surface area contributed by atoms with Gasteiger partial charge in [0, 0.05) is 29.9 Å². The molecule has 0 saturated carbocycles. The summed E-state index contributed by atoms with van der Waals surface area (Å²) in [5, 5.41) is 2.36. The minimum absolute atomic E-state index is 0.0293. The molecule has 0 N–H and O–H groups in total. The van der Waals surface area contributed by atoms with E-state index >= 15 is 0 Å². The maximum atomic E-state index is 12.6. The molecular formula is C17H14ClN3OS. The van der Waals surface area contributed by atoms with Gasteiger partial charge in [-0.05, 0) is 30.5 Å². The third-order valence-corrected chi connectivity index (χ3v) is 5.05. The molecule has 1 aromatic carbocycles. The number of hydrogen-bond donors (Lipinski definition) is 0. The highest BCUT2D eigenvalue weighted by atomic mass is 35.5. The van der Waals surface area contributed by atoms with E-state index < -0.39 is 0 Å². The van der Waals surface area contributed by atoms with Gasteiger partial charge in [-0.3, -0.25) is 9.20 Å². The summed E-state index contributed by atoms with van der Waals surface area (Å²) in [6.45, 7) is 0.744. The lowest BCUT2D eigenvalue weighted by Gasteiger charge is -2.28. The van der Waals surface area contributed by atoms with Crippen molar-refractivity contribution in [3.8, 4) is 0 Å². The minimum atomic E-state index is -0.0293. The van der Waals surface area contributed by atoms with Crippen molar-refractivity contribution in [1.29, 1.82) is 0 Å². The van der Waals surface area contributed by atoms with Crippen LogP contribution in [-0.4, -0.2) is 21.8 Å². The average Bonchev–Trinajstić information content (AvgIpc) is 3.13. The van der Waals surface area contributed by atoms with E-state index in [2.05, 4.69) is 11.1 Å². The molecule has 1 amide bonds. The van der Waals surface area contributed by atoms with Crippen LogP contribution in [0.5, 0.6) is 0 Å². The normalized spacial score (nSPS) is 14.6. The Morgan fingerprint density at radius 1 is 1.35 bits per heavy atom. The molecule has 4 nitrogen and oxygen atoms in total. The number of carbonyl (C=O) groups is 1. The second kappa shape index (κ2) is 5.83. The van der Waals surface area contributed by atoms with Crippen molar-refractivity contribution < 1.29 is 4.79 Å². The summed E-state index contributed by atoms with van der Waals surface area (Å²) in [6.07, 6.45) is 7.23. The molecule has 0 fully saturated rings. The van der Waals surface area contributed by atoms with Gasteiger partial charge in [0.1, 0.15) is 0 Å². The second-order valence-corrected chi connectivity index (χ2v) is 6.63. The van der Waals surface area contributed by atoms with Crippen LogP contribution in [0.1, 0.15) is 17.7 Å². The van der Waals surface area contributed by atoms with Crippen molar-refractivity contribution in [2.24, 2.45) is 0 Å². The first-order valence-corrected chi connectivity index (χ1v) is 8.68. The van der Waals surface area contributed by atoms with Crippen LogP contribution in [0.15, 0.2) is 41.9 Å². The van der Waals surface area contributed by atoms with Crippen LogP contribution in [-0.2, 0) is 11.2 Å². The van der Waals surface area contributed by atoms with Crippen molar-refractivity contribution >= 4 is 45.6 Å². The van der Waals surface area contributed by atoms with Gasteiger partial charge in [0.05, 0.1) is 5.69 Å². The number of fused-ring (bicyclic) bond motifs is 2. The van der Waals surface area contributed by atoms with Crippen LogP contribution in [0.4, 0.5) is 5.69 Å². The number of carbonyl (C=O) groups excluding carboxylic acids is 1. The van der Waals surface area contributed by atoms with E-state index in [1.807, 2.05) is 39.1 Å². The molecule has 2 aromatic heterocycles. The summed E-state index contributed by atoms with van der Waals surface area (Å²) in [7, 11) is 0. The van der Waals surface area contributed by atoms with Crippen molar-refractivity contribution in [2.45, 2.75) is 12.8 Å². The van der Waals surface area contributed by atoms with E-state index in [0.29, 0.717) is 5.15 Å². The van der Waals surface area contributed by atoms with Gasteiger partial charge in [-0.1, -0.05) is 29.8 Å². The number of para-hydroxylation sites is 1. The number of hydrogen-bond acceptors (Lipinski definition) is 3. The Kier molecular flexibility index (Phi) is 3.67. The molecule has 3 aromatic rings. The van der Waals surface area contributed by atoms with Gasteiger partial charge in [0.15, 0.2) is 10.1 Å². The molecule has 1 aliphatic heterocycles. The molecule has 3 heterocycles. The maximum Gasteiger partial charge on any atom is 0.251 e. The lowest BCUT2D eigenvalue weighted by Crippen LogP contribution is -2.34. The number of nitrogens with zero attached hydrogens (tertiary/aromatic N) is 3. The number of rotatable bonds is 2. The third-order valence-electron chi connectivity index (χ3n) is 4.01. The summed E-state index contributed by atoms with van der Waals surface area (Å²) in [6, 6.07) is 8.07. The molecule has 0 spiro atoms. The zero-order chi connectivity index (χ0) is 15.8. The summed E-state index contributed by atoms with van der Waals surface area (Å²) in [5.74, 6) is -0.0293. The largest absolute Gasteiger partial charge is 0.309 e. The molecule has 0 aliphatic carbocycles. The number of aromatic nitrogens is 2. The van der Waals surface area contributed by atoms with Crippen molar-refractivity contribution in [3.05, 3.63) is 58.3 Å². The van der Waals surface area contributed by atoms with Crippen LogP contribution in [0.2, 0.25) is 5.15 Å². The van der Waals surface area contributed by atoms with Crippen LogP contribution >= 0.6 is 22.9 Å². The zero-order valence-electron chi connectivity index (χ0n) is 12.3. The van der Waals surface area contributed by atoms with Crippen molar-refractivity contribution in [3.63, 3.8) is 0 Å². The first-order chi connectivity index (χ1) is 11.2. The van der Waals surface area contributed by atoms with E-state index in [-0.39, 0.29) is 5.91 Å². The van der Waals surface area contributed by atoms with E-state index in [0.717, 1.165) is 35.7 Å². The molecule has 0 atom stereocenters. The fourth-order valence-corrected chi connectivity index (χ4v) is 3.93. The molecule has 0 radical (unpaired) electrons. The Labute approximate surface area is 142 Å². The standard InChI is InChI=1S/C17H14ClN3OS/c18-16-14(21-10-11-23-17(21)19-16)7-8-15(22)20-9-3-5-12-4-1-2-6-13(12)20/h1-2,4,6-8,10-11H,3,5,9H2/b8-7+. The molecule has 0 unspecified atom stereocenters. The van der Waals surface area contributed by atoms with Crippen molar-refractivity contribution in [1.82, 2.24) is 9.38 Å². The minimum Gasteiger partial charge on any atom is -0.309 e. The first-order valence-electron chi connectivity index (χ1n) is 7.42. The summed E-state index contributed by atoms with van der Waals surface area (Å²) < 4.78 is 1.89. The van der Waals surface area contributed by atoms with E-state index in [9.17, 15) is 4.79 Å². The lowest BCUT2D eigenvalue weighted by atomic mass is 10.0. The maximum absolute atomic E-state index is 12.6. The predicted octanol–water partition coefficient (Wildman–Crippen LogP) is 4.04. The first kappa shape index (κ1) is 14.5.